The third-order valence-corrected chi connectivity index (χ3v) is 4.39. The predicted octanol–water partition coefficient (Wildman–Crippen LogP) is 2.46. The number of rotatable bonds is 3. The molecule has 0 unspecified atom stereocenters. The van der Waals surface area contributed by atoms with Crippen LogP contribution in [0.4, 0.5) is 5.95 Å². The molecule has 7 nitrogen and oxygen atoms in total. The van der Waals surface area contributed by atoms with Crippen LogP contribution in [0.2, 0.25) is 0 Å². The molecule has 0 atom stereocenters. The third kappa shape index (κ3) is 3.36. The molecule has 1 saturated heterocycles. The Bertz CT molecular complexity index is 915. The standard InChI is InChI=1S/C18H19N5O2/c1-12-10-14(4-7-19-12)15-2-3-16-20-18(22-23(16)11-15)21-17(24)13-5-8-25-9-6-13/h2-4,7,10-11,13H,5-6,8-9H2,1H3,(H,21,22,24). The highest BCUT2D eigenvalue weighted by atomic mass is 16.5. The van der Waals surface area contributed by atoms with Gasteiger partial charge in [-0.25, -0.2) is 4.52 Å². The largest absolute Gasteiger partial charge is 0.381 e. The van der Waals surface area contributed by atoms with E-state index >= 15 is 0 Å². The minimum atomic E-state index is -0.0378. The molecule has 4 rings (SSSR count). The maximum atomic E-state index is 12.3. The van der Waals surface area contributed by atoms with Gasteiger partial charge in [-0.1, -0.05) is 0 Å². The maximum Gasteiger partial charge on any atom is 0.249 e. The number of nitrogens with one attached hydrogen (secondary N) is 1. The van der Waals surface area contributed by atoms with Crippen LogP contribution < -0.4 is 5.32 Å². The van der Waals surface area contributed by atoms with Crippen LogP contribution in [-0.4, -0.2) is 38.7 Å². The van der Waals surface area contributed by atoms with Crippen molar-refractivity contribution in [2.75, 3.05) is 18.5 Å². The van der Waals surface area contributed by atoms with Crippen molar-refractivity contribution in [2.45, 2.75) is 19.8 Å². The summed E-state index contributed by atoms with van der Waals surface area (Å²) in [4.78, 5) is 20.9. The van der Waals surface area contributed by atoms with Crippen LogP contribution in [0.15, 0.2) is 36.7 Å². The molecule has 1 fully saturated rings. The minimum Gasteiger partial charge on any atom is -0.381 e. The number of carbonyl (C=O) groups excluding carboxylic acids is 1. The van der Waals surface area contributed by atoms with E-state index in [1.807, 2.05) is 37.4 Å². The summed E-state index contributed by atoms with van der Waals surface area (Å²) in [5, 5.41) is 7.20. The number of carbonyl (C=O) groups is 1. The average Bonchev–Trinajstić information content (AvgIpc) is 3.03. The van der Waals surface area contributed by atoms with E-state index in [4.69, 9.17) is 4.74 Å². The number of pyridine rings is 2. The molecule has 1 aliphatic rings. The molecule has 4 heterocycles. The number of hydrogen-bond donors (Lipinski definition) is 1. The van der Waals surface area contributed by atoms with Gasteiger partial charge in [0.1, 0.15) is 0 Å². The summed E-state index contributed by atoms with van der Waals surface area (Å²) in [5.41, 5.74) is 3.74. The topological polar surface area (TPSA) is 81.4 Å². The molecule has 7 heteroatoms. The highest BCUT2D eigenvalue weighted by Gasteiger charge is 2.22. The molecule has 3 aromatic heterocycles. The predicted molar refractivity (Wildman–Crippen MR) is 93.1 cm³/mol. The van der Waals surface area contributed by atoms with Gasteiger partial charge in [-0.3, -0.25) is 15.1 Å². The fraction of sp³-hybridized carbons (Fsp3) is 0.333. The van der Waals surface area contributed by atoms with Crippen LogP contribution >= 0.6 is 0 Å². The monoisotopic (exact) mass is 337 g/mol. The lowest BCUT2D eigenvalue weighted by Gasteiger charge is -2.20. The van der Waals surface area contributed by atoms with Crippen LogP contribution in [0, 0.1) is 12.8 Å². The fourth-order valence-corrected chi connectivity index (χ4v) is 3.00. The quantitative estimate of drug-likeness (QED) is 0.794. The Labute approximate surface area is 145 Å². The molecule has 1 amide bonds. The Hall–Kier alpha value is -2.80. The molecule has 1 N–H and O–H groups in total. The van der Waals surface area contributed by atoms with Crippen molar-refractivity contribution in [1.82, 2.24) is 19.6 Å². The lowest BCUT2D eigenvalue weighted by Crippen LogP contribution is -2.28. The number of amides is 1. The average molecular weight is 337 g/mol. The Morgan fingerprint density at radius 3 is 2.88 bits per heavy atom. The molecule has 25 heavy (non-hydrogen) atoms. The summed E-state index contributed by atoms with van der Waals surface area (Å²) in [6.45, 7) is 3.22. The first-order chi connectivity index (χ1) is 12.2. The van der Waals surface area contributed by atoms with Gasteiger partial charge in [-0.2, -0.15) is 4.98 Å². The zero-order chi connectivity index (χ0) is 17.2. The Kier molecular flexibility index (Phi) is 4.15. The molecule has 0 aliphatic carbocycles. The van der Waals surface area contributed by atoms with E-state index in [2.05, 4.69) is 20.4 Å². The summed E-state index contributed by atoms with van der Waals surface area (Å²) in [6, 6.07) is 7.86. The SMILES string of the molecule is Cc1cc(-c2ccc3nc(NC(=O)C4CCOCC4)nn3c2)ccn1. The number of ether oxygens (including phenoxy) is 1. The van der Waals surface area contributed by atoms with Crippen molar-refractivity contribution in [3.8, 4) is 11.1 Å². The molecule has 3 aromatic rings. The Balaban J connectivity index is 1.57. The number of aromatic nitrogens is 4. The zero-order valence-electron chi connectivity index (χ0n) is 14.0. The summed E-state index contributed by atoms with van der Waals surface area (Å²) in [7, 11) is 0. The van der Waals surface area contributed by atoms with E-state index in [1.54, 1.807) is 10.7 Å². The van der Waals surface area contributed by atoms with E-state index in [-0.39, 0.29) is 11.8 Å². The number of anilines is 1. The van der Waals surface area contributed by atoms with Gasteiger partial charge in [0, 0.05) is 42.8 Å². The van der Waals surface area contributed by atoms with Crippen LogP contribution in [-0.2, 0) is 9.53 Å². The van der Waals surface area contributed by atoms with Gasteiger partial charge in [0.15, 0.2) is 5.65 Å². The highest BCUT2D eigenvalue weighted by molar-refractivity contribution is 5.91. The highest BCUT2D eigenvalue weighted by Crippen LogP contribution is 2.21. The van der Waals surface area contributed by atoms with Gasteiger partial charge in [-0.05, 0) is 49.6 Å². The van der Waals surface area contributed by atoms with Crippen LogP contribution in [0.5, 0.6) is 0 Å². The first-order valence-electron chi connectivity index (χ1n) is 8.37. The second-order valence-corrected chi connectivity index (χ2v) is 6.22. The van der Waals surface area contributed by atoms with Crippen molar-refractivity contribution >= 4 is 17.5 Å². The first-order valence-corrected chi connectivity index (χ1v) is 8.37. The normalized spacial score (nSPS) is 15.4. The van der Waals surface area contributed by atoms with E-state index in [9.17, 15) is 4.79 Å². The minimum absolute atomic E-state index is 0.0317. The van der Waals surface area contributed by atoms with Crippen molar-refractivity contribution in [2.24, 2.45) is 5.92 Å². The van der Waals surface area contributed by atoms with Gasteiger partial charge in [-0.15, -0.1) is 5.10 Å². The van der Waals surface area contributed by atoms with Gasteiger partial charge in [0.2, 0.25) is 11.9 Å². The smallest absolute Gasteiger partial charge is 0.249 e. The molecule has 0 aromatic carbocycles. The fourth-order valence-electron chi connectivity index (χ4n) is 3.00. The van der Waals surface area contributed by atoms with Crippen molar-refractivity contribution in [3.63, 3.8) is 0 Å². The van der Waals surface area contributed by atoms with E-state index in [0.717, 1.165) is 29.7 Å². The summed E-state index contributed by atoms with van der Waals surface area (Å²) in [6.07, 6.45) is 5.17. The van der Waals surface area contributed by atoms with Crippen LogP contribution in [0.25, 0.3) is 16.8 Å². The lowest BCUT2D eigenvalue weighted by atomic mass is 10.00. The van der Waals surface area contributed by atoms with Gasteiger partial charge in [0.05, 0.1) is 0 Å². The zero-order valence-corrected chi connectivity index (χ0v) is 14.0. The number of hydrogen-bond acceptors (Lipinski definition) is 5. The van der Waals surface area contributed by atoms with Crippen LogP contribution in [0.3, 0.4) is 0 Å². The van der Waals surface area contributed by atoms with E-state index < -0.39 is 0 Å². The second kappa shape index (κ2) is 6.60. The van der Waals surface area contributed by atoms with E-state index in [1.165, 1.54) is 0 Å². The lowest BCUT2D eigenvalue weighted by molar-refractivity contribution is -0.122. The molecule has 0 spiro atoms. The van der Waals surface area contributed by atoms with Crippen molar-refractivity contribution in [3.05, 3.63) is 42.4 Å². The number of fused-ring (bicyclic) bond motifs is 1. The first kappa shape index (κ1) is 15.7. The molecule has 0 saturated carbocycles. The maximum absolute atomic E-state index is 12.3. The molecule has 128 valence electrons. The summed E-state index contributed by atoms with van der Waals surface area (Å²) < 4.78 is 6.98. The molecular weight excluding hydrogens is 318 g/mol. The van der Waals surface area contributed by atoms with Crippen LogP contribution in [0.1, 0.15) is 18.5 Å². The summed E-state index contributed by atoms with van der Waals surface area (Å²) in [5.74, 6) is 0.263. The molecule has 1 aliphatic heterocycles. The number of nitrogens with zero attached hydrogens (tertiary/aromatic N) is 4. The van der Waals surface area contributed by atoms with Gasteiger partial charge < -0.3 is 4.74 Å². The Morgan fingerprint density at radius 2 is 2.08 bits per heavy atom. The number of aryl methyl sites for hydroxylation is 1. The Morgan fingerprint density at radius 1 is 1.24 bits per heavy atom. The van der Waals surface area contributed by atoms with Gasteiger partial charge >= 0.3 is 0 Å². The van der Waals surface area contributed by atoms with Gasteiger partial charge in [0.25, 0.3) is 0 Å². The molecule has 0 radical (unpaired) electrons. The van der Waals surface area contributed by atoms with E-state index in [0.29, 0.717) is 24.8 Å². The molecule has 0 bridgehead atoms. The van der Waals surface area contributed by atoms with Crippen molar-refractivity contribution < 1.29 is 9.53 Å². The summed E-state index contributed by atoms with van der Waals surface area (Å²) >= 11 is 0. The third-order valence-electron chi connectivity index (χ3n) is 4.39. The van der Waals surface area contributed by atoms with Crippen molar-refractivity contribution in [1.29, 1.82) is 0 Å². The second-order valence-electron chi connectivity index (χ2n) is 6.22. The molecular formula is C18H19N5O2.